The molecule has 0 aliphatic heterocycles. The predicted octanol–water partition coefficient (Wildman–Crippen LogP) is 1.99. The minimum absolute atomic E-state index is 0.0901. The number of methoxy groups -OCH3 is 1. The maximum atomic E-state index is 5.54. The molecular formula is C14H14N6O2S. The van der Waals surface area contributed by atoms with Crippen LogP contribution >= 0.6 is 11.8 Å². The highest BCUT2D eigenvalue weighted by Crippen LogP contribution is 2.30. The van der Waals surface area contributed by atoms with Crippen molar-refractivity contribution in [2.24, 2.45) is 0 Å². The minimum Gasteiger partial charge on any atom is -0.496 e. The summed E-state index contributed by atoms with van der Waals surface area (Å²) in [5.41, 5.74) is 12.6. The Labute approximate surface area is 136 Å². The van der Waals surface area contributed by atoms with Crippen molar-refractivity contribution >= 4 is 23.7 Å². The number of thioether (sulfide) groups is 1. The van der Waals surface area contributed by atoms with Gasteiger partial charge in [0, 0.05) is 11.6 Å². The van der Waals surface area contributed by atoms with Crippen LogP contribution in [0.3, 0.4) is 0 Å². The van der Waals surface area contributed by atoms with E-state index in [-0.39, 0.29) is 11.9 Å². The molecule has 9 heteroatoms. The fourth-order valence-electron chi connectivity index (χ4n) is 1.95. The number of aromatic nitrogens is 4. The van der Waals surface area contributed by atoms with Gasteiger partial charge in [-0.2, -0.15) is 15.0 Å². The number of para-hydroxylation sites is 1. The lowest BCUT2D eigenvalue weighted by Crippen LogP contribution is -2.03. The van der Waals surface area contributed by atoms with Crippen LogP contribution in [0.5, 0.6) is 5.75 Å². The van der Waals surface area contributed by atoms with Gasteiger partial charge >= 0.3 is 0 Å². The number of nitrogens with two attached hydrogens (primary N) is 2. The molecule has 0 unspecified atom stereocenters. The van der Waals surface area contributed by atoms with Gasteiger partial charge in [-0.15, -0.1) is 0 Å². The highest BCUT2D eigenvalue weighted by Gasteiger charge is 2.12. The van der Waals surface area contributed by atoms with Gasteiger partial charge in [0.15, 0.2) is 5.16 Å². The van der Waals surface area contributed by atoms with Crippen molar-refractivity contribution in [3.8, 4) is 17.0 Å². The molecule has 118 valence electrons. The fraction of sp³-hybridized carbons (Fsp3) is 0.143. The summed E-state index contributed by atoms with van der Waals surface area (Å²) < 4.78 is 10.7. The first-order valence-electron chi connectivity index (χ1n) is 6.64. The van der Waals surface area contributed by atoms with E-state index in [0.29, 0.717) is 22.4 Å². The van der Waals surface area contributed by atoms with Crippen molar-refractivity contribution in [1.82, 2.24) is 20.1 Å². The molecule has 0 aliphatic carbocycles. The SMILES string of the molecule is COc1ccccc1-c1cc(CSc2nc(N)nc(N)n2)on1. The molecule has 0 radical (unpaired) electrons. The number of nitrogen functional groups attached to an aromatic ring is 2. The number of benzene rings is 1. The zero-order valence-electron chi connectivity index (χ0n) is 12.3. The number of anilines is 2. The van der Waals surface area contributed by atoms with Crippen LogP contribution in [0.1, 0.15) is 5.76 Å². The highest BCUT2D eigenvalue weighted by atomic mass is 32.2. The van der Waals surface area contributed by atoms with Crippen LogP contribution in [-0.2, 0) is 5.75 Å². The lowest BCUT2D eigenvalue weighted by Gasteiger charge is -2.03. The summed E-state index contributed by atoms with van der Waals surface area (Å²) in [5, 5.41) is 4.51. The molecule has 0 saturated heterocycles. The van der Waals surface area contributed by atoms with Gasteiger partial charge in [-0.1, -0.05) is 29.1 Å². The zero-order chi connectivity index (χ0) is 16.2. The van der Waals surface area contributed by atoms with Crippen molar-refractivity contribution < 1.29 is 9.26 Å². The van der Waals surface area contributed by atoms with Crippen LogP contribution in [0.4, 0.5) is 11.9 Å². The Morgan fingerprint density at radius 2 is 1.87 bits per heavy atom. The summed E-state index contributed by atoms with van der Waals surface area (Å²) in [5.74, 6) is 2.08. The molecule has 0 spiro atoms. The largest absolute Gasteiger partial charge is 0.496 e. The van der Waals surface area contributed by atoms with Gasteiger partial charge in [-0.3, -0.25) is 0 Å². The van der Waals surface area contributed by atoms with Crippen LogP contribution in [0.25, 0.3) is 11.3 Å². The van der Waals surface area contributed by atoms with E-state index in [1.165, 1.54) is 11.8 Å². The summed E-state index contributed by atoms with van der Waals surface area (Å²) in [6.45, 7) is 0. The van der Waals surface area contributed by atoms with Gasteiger partial charge in [0.1, 0.15) is 17.2 Å². The third-order valence-corrected chi connectivity index (χ3v) is 3.80. The predicted molar refractivity (Wildman–Crippen MR) is 86.7 cm³/mol. The molecule has 0 fully saturated rings. The Bertz CT molecular complexity index is 802. The molecule has 3 aromatic rings. The molecule has 0 aliphatic rings. The fourth-order valence-corrected chi connectivity index (χ4v) is 2.68. The molecule has 0 bridgehead atoms. The van der Waals surface area contributed by atoms with E-state index in [1.54, 1.807) is 7.11 Å². The normalized spacial score (nSPS) is 10.7. The zero-order valence-corrected chi connectivity index (χ0v) is 13.1. The topological polar surface area (TPSA) is 126 Å². The van der Waals surface area contributed by atoms with Gasteiger partial charge < -0.3 is 20.7 Å². The quantitative estimate of drug-likeness (QED) is 0.675. The van der Waals surface area contributed by atoms with Crippen LogP contribution in [0.15, 0.2) is 40.0 Å². The second kappa shape index (κ2) is 6.53. The molecule has 0 saturated carbocycles. The molecule has 0 amide bonds. The average molecular weight is 330 g/mol. The van der Waals surface area contributed by atoms with Gasteiger partial charge in [0.25, 0.3) is 0 Å². The molecule has 4 N–H and O–H groups in total. The molecule has 2 aromatic heterocycles. The Morgan fingerprint density at radius 1 is 1.13 bits per heavy atom. The molecule has 3 rings (SSSR count). The van der Waals surface area contributed by atoms with Crippen LogP contribution < -0.4 is 16.2 Å². The number of ether oxygens (including phenoxy) is 1. The summed E-state index contributed by atoms with van der Waals surface area (Å²) >= 11 is 1.33. The summed E-state index contributed by atoms with van der Waals surface area (Å²) in [4.78, 5) is 11.7. The number of rotatable bonds is 5. The van der Waals surface area contributed by atoms with Crippen LogP contribution in [0, 0.1) is 0 Å². The Hall–Kier alpha value is -2.81. The Balaban J connectivity index is 1.75. The van der Waals surface area contributed by atoms with Gasteiger partial charge in [-0.05, 0) is 12.1 Å². The van der Waals surface area contributed by atoms with Crippen molar-refractivity contribution in [2.45, 2.75) is 10.9 Å². The Kier molecular flexibility index (Phi) is 4.29. The number of hydrogen-bond donors (Lipinski definition) is 2. The highest BCUT2D eigenvalue weighted by molar-refractivity contribution is 7.98. The number of nitrogens with zero attached hydrogens (tertiary/aromatic N) is 4. The molecule has 0 atom stereocenters. The first-order valence-corrected chi connectivity index (χ1v) is 7.63. The maximum absolute atomic E-state index is 5.54. The van der Waals surface area contributed by atoms with Crippen LogP contribution in [0.2, 0.25) is 0 Å². The lowest BCUT2D eigenvalue weighted by atomic mass is 10.1. The van der Waals surface area contributed by atoms with E-state index in [4.69, 9.17) is 20.7 Å². The van der Waals surface area contributed by atoms with E-state index >= 15 is 0 Å². The second-order valence-corrected chi connectivity index (χ2v) is 5.44. The molecule has 2 heterocycles. The van der Waals surface area contributed by atoms with Crippen molar-refractivity contribution in [2.75, 3.05) is 18.6 Å². The van der Waals surface area contributed by atoms with E-state index < -0.39 is 0 Å². The lowest BCUT2D eigenvalue weighted by molar-refractivity contribution is 0.395. The summed E-state index contributed by atoms with van der Waals surface area (Å²) in [6.07, 6.45) is 0. The van der Waals surface area contributed by atoms with Crippen molar-refractivity contribution in [3.05, 3.63) is 36.1 Å². The smallest absolute Gasteiger partial charge is 0.225 e. The third kappa shape index (κ3) is 3.51. The second-order valence-electron chi connectivity index (χ2n) is 4.50. The van der Waals surface area contributed by atoms with Crippen molar-refractivity contribution in [1.29, 1.82) is 0 Å². The molecule has 8 nitrogen and oxygen atoms in total. The molecular weight excluding hydrogens is 316 g/mol. The third-order valence-electron chi connectivity index (χ3n) is 2.93. The molecule has 1 aromatic carbocycles. The first-order chi connectivity index (χ1) is 11.2. The van der Waals surface area contributed by atoms with E-state index in [1.807, 2.05) is 30.3 Å². The van der Waals surface area contributed by atoms with Gasteiger partial charge in [-0.25, -0.2) is 0 Å². The Morgan fingerprint density at radius 3 is 2.61 bits per heavy atom. The standard InChI is InChI=1S/C14H14N6O2S/c1-21-11-5-3-2-4-9(11)10-6-8(22-20-10)7-23-14-18-12(15)17-13(16)19-14/h2-6H,7H2,1H3,(H4,15,16,17,18,19). The monoisotopic (exact) mass is 330 g/mol. The van der Waals surface area contributed by atoms with E-state index in [9.17, 15) is 0 Å². The van der Waals surface area contributed by atoms with Crippen LogP contribution in [-0.4, -0.2) is 27.2 Å². The minimum atomic E-state index is 0.0901. The van der Waals surface area contributed by atoms with E-state index in [0.717, 1.165) is 11.3 Å². The summed E-state index contributed by atoms with van der Waals surface area (Å²) in [7, 11) is 1.62. The summed E-state index contributed by atoms with van der Waals surface area (Å²) in [6, 6.07) is 9.45. The first kappa shape index (κ1) is 15.1. The maximum Gasteiger partial charge on any atom is 0.225 e. The molecule has 23 heavy (non-hydrogen) atoms. The van der Waals surface area contributed by atoms with Gasteiger partial charge in [0.05, 0.1) is 12.9 Å². The van der Waals surface area contributed by atoms with Gasteiger partial charge in [0.2, 0.25) is 11.9 Å². The van der Waals surface area contributed by atoms with E-state index in [2.05, 4.69) is 20.1 Å². The van der Waals surface area contributed by atoms with Crippen molar-refractivity contribution in [3.63, 3.8) is 0 Å². The number of hydrogen-bond acceptors (Lipinski definition) is 9. The average Bonchev–Trinajstić information content (AvgIpc) is 3.01.